The smallest absolute Gasteiger partial charge is 0.326 e. The number of ketones is 1. The van der Waals surface area contributed by atoms with Crippen LogP contribution in [0.4, 0.5) is 5.69 Å². The molecule has 1 aliphatic rings. The summed E-state index contributed by atoms with van der Waals surface area (Å²) in [6, 6.07) is 1.56. The maximum absolute atomic E-state index is 12.0. The van der Waals surface area contributed by atoms with Crippen LogP contribution >= 0.6 is 15.9 Å². The third kappa shape index (κ3) is 2.13. The van der Waals surface area contributed by atoms with E-state index in [2.05, 4.69) is 26.2 Å². The monoisotopic (exact) mass is 312 g/mol. The molecule has 0 saturated carbocycles. The predicted molar refractivity (Wildman–Crippen MR) is 65.0 cm³/mol. The maximum atomic E-state index is 12.0. The van der Waals surface area contributed by atoms with E-state index in [-0.39, 0.29) is 12.3 Å². The quantitative estimate of drug-likeness (QED) is 0.654. The Morgan fingerprint density at radius 2 is 2.28 bits per heavy atom. The Bertz CT molecular complexity index is 544. The van der Waals surface area contributed by atoms with Crippen LogP contribution in [0.15, 0.2) is 16.7 Å². The van der Waals surface area contributed by atoms with Gasteiger partial charge in [0.1, 0.15) is 5.69 Å². The van der Waals surface area contributed by atoms with Crippen molar-refractivity contribution >= 4 is 39.3 Å². The molecule has 1 atom stereocenters. The Morgan fingerprint density at radius 3 is 2.94 bits per heavy atom. The molecule has 1 unspecified atom stereocenters. The van der Waals surface area contributed by atoms with Crippen molar-refractivity contribution in [1.82, 2.24) is 4.98 Å². The van der Waals surface area contributed by atoms with Crippen LogP contribution in [0.3, 0.4) is 0 Å². The predicted octanol–water partition coefficient (Wildman–Crippen LogP) is 1.16. The highest BCUT2D eigenvalue weighted by molar-refractivity contribution is 9.10. The molecule has 6 nitrogen and oxygen atoms in total. The number of carbonyl (C=O) groups is 3. The third-order valence-electron chi connectivity index (χ3n) is 2.39. The number of carbonyl (C=O) groups excluding carboxylic acids is 3. The summed E-state index contributed by atoms with van der Waals surface area (Å²) in [5.74, 6) is -3.65. The van der Waals surface area contributed by atoms with Crippen LogP contribution in [-0.2, 0) is 14.3 Å². The number of ether oxygens (including phenoxy) is 1. The second kappa shape index (κ2) is 4.85. The van der Waals surface area contributed by atoms with Crippen molar-refractivity contribution < 1.29 is 19.1 Å². The van der Waals surface area contributed by atoms with Gasteiger partial charge >= 0.3 is 5.97 Å². The molecule has 1 aromatic heterocycles. The van der Waals surface area contributed by atoms with Gasteiger partial charge in [-0.15, -0.1) is 0 Å². The van der Waals surface area contributed by atoms with Gasteiger partial charge in [0.2, 0.25) is 11.7 Å². The van der Waals surface area contributed by atoms with Crippen molar-refractivity contribution in [3.63, 3.8) is 0 Å². The summed E-state index contributed by atoms with van der Waals surface area (Å²) in [5.41, 5.74) is 0.357. The van der Waals surface area contributed by atoms with Crippen molar-refractivity contribution in [2.75, 3.05) is 11.9 Å². The van der Waals surface area contributed by atoms with Crippen molar-refractivity contribution in [2.45, 2.75) is 6.92 Å². The first-order chi connectivity index (χ1) is 8.54. The summed E-state index contributed by atoms with van der Waals surface area (Å²) in [5, 5.41) is 2.47. The minimum atomic E-state index is -1.47. The summed E-state index contributed by atoms with van der Waals surface area (Å²) < 4.78 is 5.33. The van der Waals surface area contributed by atoms with E-state index in [0.717, 1.165) is 0 Å². The summed E-state index contributed by atoms with van der Waals surface area (Å²) >= 11 is 3.18. The van der Waals surface area contributed by atoms with E-state index in [0.29, 0.717) is 10.2 Å². The van der Waals surface area contributed by atoms with Crippen molar-refractivity contribution in [3.8, 4) is 0 Å². The zero-order valence-corrected chi connectivity index (χ0v) is 11.0. The number of hydrogen-bond acceptors (Lipinski definition) is 5. The van der Waals surface area contributed by atoms with Crippen molar-refractivity contribution in [3.05, 3.63) is 22.4 Å². The van der Waals surface area contributed by atoms with E-state index in [9.17, 15) is 14.4 Å². The number of Topliss-reactive ketones (excluding diaryl/α,β-unsaturated/α-hetero) is 1. The van der Waals surface area contributed by atoms with Gasteiger partial charge in [-0.25, -0.2) is 4.98 Å². The molecule has 94 valence electrons. The molecule has 0 aliphatic carbocycles. The van der Waals surface area contributed by atoms with Crippen molar-refractivity contribution in [2.24, 2.45) is 5.92 Å². The first-order valence-electron chi connectivity index (χ1n) is 5.22. The van der Waals surface area contributed by atoms with Gasteiger partial charge in [0.05, 0.1) is 12.3 Å². The van der Waals surface area contributed by atoms with Crippen LogP contribution in [-0.4, -0.2) is 29.3 Å². The van der Waals surface area contributed by atoms with Crippen molar-refractivity contribution in [1.29, 1.82) is 0 Å². The van der Waals surface area contributed by atoms with Gasteiger partial charge in [-0.3, -0.25) is 14.4 Å². The fourth-order valence-electron chi connectivity index (χ4n) is 1.63. The maximum Gasteiger partial charge on any atom is 0.326 e. The van der Waals surface area contributed by atoms with Gasteiger partial charge < -0.3 is 10.1 Å². The molecule has 0 spiro atoms. The second-order valence-corrected chi connectivity index (χ2v) is 4.50. The molecule has 1 aromatic rings. The summed E-state index contributed by atoms with van der Waals surface area (Å²) in [6.07, 6.45) is 1.43. The fourth-order valence-corrected chi connectivity index (χ4v) is 1.96. The zero-order chi connectivity index (χ0) is 13.3. The minimum Gasteiger partial charge on any atom is -0.465 e. The van der Waals surface area contributed by atoms with Crippen LogP contribution in [0.5, 0.6) is 0 Å². The number of anilines is 1. The Hall–Kier alpha value is -1.76. The number of aromatic nitrogens is 1. The molecule has 0 radical (unpaired) electrons. The normalized spacial score (nSPS) is 18.0. The lowest BCUT2D eigenvalue weighted by molar-refractivity contribution is -0.148. The van der Waals surface area contributed by atoms with E-state index in [1.807, 2.05) is 0 Å². The molecule has 0 aromatic carbocycles. The summed E-state index contributed by atoms with van der Waals surface area (Å²) in [6.45, 7) is 1.71. The number of fused-ring (bicyclic) bond motifs is 1. The van der Waals surface area contributed by atoms with Gasteiger partial charge in [-0.2, -0.15) is 0 Å². The molecule has 0 bridgehead atoms. The number of hydrogen-bond donors (Lipinski definition) is 1. The largest absolute Gasteiger partial charge is 0.465 e. The highest BCUT2D eigenvalue weighted by Crippen LogP contribution is 2.27. The first-order valence-corrected chi connectivity index (χ1v) is 6.01. The average Bonchev–Trinajstić information content (AvgIpc) is 2.28. The molecular weight excluding hydrogens is 304 g/mol. The standard InChI is InChI=1S/C11H9BrN2O4/c1-2-18-11(17)7-9(15)8-6(14-10(7)16)3-5(12)4-13-8/h3-4,7H,2H2,1H3,(H,14,16). The molecule has 7 heteroatoms. The molecular formula is C11H9BrN2O4. The van der Waals surface area contributed by atoms with Gasteiger partial charge in [0, 0.05) is 10.7 Å². The third-order valence-corrected chi connectivity index (χ3v) is 2.83. The van der Waals surface area contributed by atoms with E-state index >= 15 is 0 Å². The molecule has 1 N–H and O–H groups in total. The SMILES string of the molecule is CCOC(=O)C1C(=O)Nc2cc(Br)cnc2C1=O. The highest BCUT2D eigenvalue weighted by Gasteiger charge is 2.41. The topological polar surface area (TPSA) is 85.4 Å². The van der Waals surface area contributed by atoms with Gasteiger partial charge in [0.25, 0.3) is 0 Å². The summed E-state index contributed by atoms with van der Waals surface area (Å²) in [4.78, 5) is 39.2. The number of nitrogens with zero attached hydrogens (tertiary/aromatic N) is 1. The van der Waals surface area contributed by atoms with Crippen LogP contribution in [0.1, 0.15) is 17.4 Å². The molecule has 2 heterocycles. The van der Waals surface area contributed by atoms with E-state index < -0.39 is 23.6 Å². The molecule has 1 aliphatic heterocycles. The molecule has 18 heavy (non-hydrogen) atoms. The van der Waals surface area contributed by atoms with Gasteiger partial charge in [-0.05, 0) is 28.9 Å². The van der Waals surface area contributed by atoms with Crippen LogP contribution in [0.25, 0.3) is 0 Å². The Balaban J connectivity index is 2.39. The lowest BCUT2D eigenvalue weighted by Gasteiger charge is -2.21. The lowest BCUT2D eigenvalue weighted by atomic mass is 9.95. The Kier molecular flexibility index (Phi) is 3.42. The van der Waals surface area contributed by atoms with Crippen LogP contribution < -0.4 is 5.32 Å². The fraction of sp³-hybridized carbons (Fsp3) is 0.273. The molecule has 0 saturated heterocycles. The Labute approximate surface area is 111 Å². The number of amides is 1. The van der Waals surface area contributed by atoms with E-state index in [1.54, 1.807) is 13.0 Å². The molecule has 2 rings (SSSR count). The van der Waals surface area contributed by atoms with Gasteiger partial charge in [0.15, 0.2) is 5.92 Å². The number of nitrogens with one attached hydrogen (secondary N) is 1. The molecule has 1 amide bonds. The number of halogens is 1. The first kappa shape index (κ1) is 12.7. The molecule has 0 fully saturated rings. The number of rotatable bonds is 2. The number of esters is 1. The van der Waals surface area contributed by atoms with Gasteiger partial charge in [-0.1, -0.05) is 0 Å². The second-order valence-electron chi connectivity index (χ2n) is 3.59. The lowest BCUT2D eigenvalue weighted by Crippen LogP contribution is -2.41. The summed E-state index contributed by atoms with van der Waals surface area (Å²) in [7, 11) is 0. The van der Waals surface area contributed by atoms with E-state index in [1.165, 1.54) is 6.20 Å². The minimum absolute atomic E-state index is 0.0656. The van der Waals surface area contributed by atoms with E-state index in [4.69, 9.17) is 4.74 Å². The van der Waals surface area contributed by atoms with Crippen LogP contribution in [0, 0.1) is 5.92 Å². The van der Waals surface area contributed by atoms with Crippen LogP contribution in [0.2, 0.25) is 0 Å². The number of pyridine rings is 1. The average molecular weight is 313 g/mol. The Morgan fingerprint density at radius 1 is 1.56 bits per heavy atom. The zero-order valence-electron chi connectivity index (χ0n) is 9.40. The highest BCUT2D eigenvalue weighted by atomic mass is 79.9.